The fourth-order valence-electron chi connectivity index (χ4n) is 8.72. The van der Waals surface area contributed by atoms with Crippen molar-refractivity contribution in [2.24, 2.45) is 5.92 Å². The summed E-state index contributed by atoms with van der Waals surface area (Å²) in [5.41, 5.74) is 0. The first-order valence-electron chi connectivity index (χ1n) is 28.6. The van der Waals surface area contributed by atoms with Gasteiger partial charge < -0.3 is 14.2 Å². The van der Waals surface area contributed by atoms with E-state index in [0.29, 0.717) is 30.8 Å². The summed E-state index contributed by atoms with van der Waals surface area (Å²) in [6, 6.07) is 0. The average molecular weight is 950 g/mol. The zero-order valence-electron chi connectivity index (χ0n) is 43.9. The Labute approximate surface area is 413 Å². The molecule has 388 valence electrons. The van der Waals surface area contributed by atoms with Gasteiger partial charge in [0.25, 0.3) is 0 Å². The molecule has 0 aliphatic carbocycles. The van der Waals surface area contributed by atoms with Gasteiger partial charge in [-0.25, -0.2) is 0 Å². The van der Waals surface area contributed by atoms with E-state index in [2.05, 4.69) is 27.4 Å². The van der Waals surface area contributed by atoms with Crippen LogP contribution in [0.1, 0.15) is 297 Å². The third-order valence-corrected chi connectivity index (χ3v) is 14.3. The molecule has 0 aromatic rings. The van der Waals surface area contributed by atoms with E-state index in [1.165, 1.54) is 210 Å². The summed E-state index contributed by atoms with van der Waals surface area (Å²) in [6.07, 6.45) is 50.9. The topological polar surface area (TPSA) is 96.0 Å². The van der Waals surface area contributed by atoms with Gasteiger partial charge in [0.05, 0.1) is 5.92 Å². The summed E-state index contributed by atoms with van der Waals surface area (Å²) in [5, 5.41) is 0. The van der Waals surface area contributed by atoms with E-state index in [1.807, 2.05) is 0 Å². The van der Waals surface area contributed by atoms with Gasteiger partial charge in [-0.1, -0.05) is 265 Å². The highest BCUT2D eigenvalue weighted by atomic mass is 32.2. The van der Waals surface area contributed by atoms with E-state index in [0.717, 1.165) is 57.8 Å². The number of rotatable bonds is 54. The molecular formula is C58H108O7S. The van der Waals surface area contributed by atoms with Gasteiger partial charge in [0, 0.05) is 37.2 Å². The third-order valence-electron chi connectivity index (χ3n) is 13.0. The first-order valence-corrected chi connectivity index (χ1v) is 29.7. The van der Waals surface area contributed by atoms with E-state index >= 15 is 0 Å². The molecule has 0 amide bonds. The molecular weight excluding hydrogens is 841 g/mol. The summed E-state index contributed by atoms with van der Waals surface area (Å²) in [4.78, 5) is 52.0. The molecule has 0 aromatic heterocycles. The fraction of sp³-hybridized carbons (Fsp3) is 0.897. The number of Topliss-reactive ketones (excluding diaryl/α,β-unsaturated/α-hetero) is 1. The van der Waals surface area contributed by atoms with Crippen molar-refractivity contribution in [1.29, 1.82) is 0 Å². The summed E-state index contributed by atoms with van der Waals surface area (Å²) in [7, 11) is 0. The van der Waals surface area contributed by atoms with Crippen LogP contribution in [0, 0.1) is 5.92 Å². The molecule has 0 saturated carbocycles. The molecule has 0 saturated heterocycles. The minimum absolute atomic E-state index is 0.00181. The van der Waals surface area contributed by atoms with Crippen molar-refractivity contribution in [3.63, 3.8) is 0 Å². The quantitative estimate of drug-likeness (QED) is 0.0257. The van der Waals surface area contributed by atoms with Gasteiger partial charge in [-0.3, -0.25) is 19.2 Å². The largest absolute Gasteiger partial charge is 0.462 e. The monoisotopic (exact) mass is 949 g/mol. The van der Waals surface area contributed by atoms with E-state index in [1.54, 1.807) is 0 Å². The van der Waals surface area contributed by atoms with Crippen LogP contribution in [0.5, 0.6) is 0 Å². The third kappa shape index (κ3) is 47.2. The minimum Gasteiger partial charge on any atom is -0.462 e. The molecule has 0 aromatic carbocycles. The lowest BCUT2D eigenvalue weighted by Crippen LogP contribution is -2.29. The van der Waals surface area contributed by atoms with Crippen molar-refractivity contribution in [2.45, 2.75) is 303 Å². The van der Waals surface area contributed by atoms with Crippen LogP contribution in [0.25, 0.3) is 0 Å². The Morgan fingerprint density at radius 3 is 1.12 bits per heavy atom. The maximum Gasteiger partial charge on any atom is 0.310 e. The molecule has 0 rings (SSSR count). The number of unbranched alkanes of at least 4 members (excludes halogenated alkanes) is 36. The molecule has 8 heteroatoms. The van der Waals surface area contributed by atoms with Crippen molar-refractivity contribution < 1.29 is 33.4 Å². The predicted molar refractivity (Wildman–Crippen MR) is 283 cm³/mol. The van der Waals surface area contributed by atoms with Gasteiger partial charge in [0.15, 0.2) is 0 Å². The van der Waals surface area contributed by atoms with Crippen LogP contribution >= 0.6 is 11.8 Å². The Bertz CT molecular complexity index is 1100. The molecule has 1 unspecified atom stereocenters. The lowest BCUT2D eigenvalue weighted by atomic mass is 10.00. The number of carbonyl (C=O) groups is 4. The molecule has 0 fully saturated rings. The van der Waals surface area contributed by atoms with E-state index in [9.17, 15) is 19.2 Å². The number of esters is 3. The van der Waals surface area contributed by atoms with Gasteiger partial charge in [0.2, 0.25) is 0 Å². The van der Waals surface area contributed by atoms with E-state index < -0.39 is 18.0 Å². The zero-order valence-corrected chi connectivity index (χ0v) is 44.8. The molecule has 0 heterocycles. The summed E-state index contributed by atoms with van der Waals surface area (Å²) in [6.45, 7) is 10.6. The molecule has 2 atom stereocenters. The second kappa shape index (κ2) is 52.5. The molecule has 0 spiro atoms. The fourth-order valence-corrected chi connectivity index (χ4v) is 9.82. The Kier molecular flexibility index (Phi) is 51.1. The molecule has 66 heavy (non-hydrogen) atoms. The number of carbonyl (C=O) groups excluding carboxylic acids is 4. The van der Waals surface area contributed by atoms with E-state index in [-0.39, 0.29) is 37.4 Å². The summed E-state index contributed by atoms with van der Waals surface area (Å²) >= 11 is 1.45. The number of hydrogen-bond acceptors (Lipinski definition) is 8. The van der Waals surface area contributed by atoms with Crippen LogP contribution in [0.2, 0.25) is 0 Å². The normalized spacial score (nSPS) is 12.2. The van der Waals surface area contributed by atoms with Crippen LogP contribution in [0.3, 0.4) is 0 Å². The molecule has 0 aliphatic heterocycles. The van der Waals surface area contributed by atoms with Gasteiger partial charge in [-0.05, 0) is 19.3 Å². The molecule has 0 bridgehead atoms. The Balaban J connectivity index is 4.84. The molecule has 7 nitrogen and oxygen atoms in total. The SMILES string of the molecule is C=CCOC(=O)[C@H](CSCC(COC(=O)CCCCCCCCCCCCCCC)OC(=O)CCCCCCCCCCCCCCC)CC(=O)CCCCCCCCCCCCCCC. The highest BCUT2D eigenvalue weighted by molar-refractivity contribution is 7.99. The van der Waals surface area contributed by atoms with E-state index in [4.69, 9.17) is 14.2 Å². The van der Waals surface area contributed by atoms with Gasteiger partial charge in [-0.2, -0.15) is 11.8 Å². The van der Waals surface area contributed by atoms with Crippen molar-refractivity contribution in [2.75, 3.05) is 24.7 Å². The molecule has 0 N–H and O–H groups in total. The van der Waals surface area contributed by atoms with Crippen LogP contribution in [0.4, 0.5) is 0 Å². The molecule has 0 aliphatic rings. The number of ketones is 1. The standard InChI is InChI=1S/C58H108O7S/c1-5-9-12-15-18-21-24-27-30-33-36-39-42-45-54(59)49-53(58(62)63-48-8-4)51-66-52-55(65-57(61)47-44-41-38-35-32-29-26-23-20-17-14-11-7-3)50-64-56(60)46-43-40-37-34-31-28-25-22-19-16-13-10-6-2/h8,53,55H,4-7,9-52H2,1-3H3/t53-,55?/m0/s1. The molecule has 0 radical (unpaired) electrons. The van der Waals surface area contributed by atoms with Crippen molar-refractivity contribution in [3.05, 3.63) is 12.7 Å². The van der Waals surface area contributed by atoms with Gasteiger partial charge in [-0.15, -0.1) is 0 Å². The van der Waals surface area contributed by atoms with Crippen LogP contribution in [0.15, 0.2) is 12.7 Å². The van der Waals surface area contributed by atoms with Crippen LogP contribution in [-0.4, -0.2) is 54.5 Å². The highest BCUT2D eigenvalue weighted by Gasteiger charge is 2.25. The van der Waals surface area contributed by atoms with Crippen molar-refractivity contribution >= 4 is 35.5 Å². The Hall–Kier alpha value is -1.83. The second-order valence-electron chi connectivity index (χ2n) is 19.7. The number of ether oxygens (including phenoxy) is 3. The highest BCUT2D eigenvalue weighted by Crippen LogP contribution is 2.21. The van der Waals surface area contributed by atoms with Crippen LogP contribution < -0.4 is 0 Å². The van der Waals surface area contributed by atoms with Crippen molar-refractivity contribution in [3.8, 4) is 0 Å². The number of hydrogen-bond donors (Lipinski definition) is 0. The Morgan fingerprint density at radius 1 is 0.424 bits per heavy atom. The van der Waals surface area contributed by atoms with Gasteiger partial charge >= 0.3 is 17.9 Å². The maximum atomic E-state index is 13.1. The first-order chi connectivity index (χ1) is 32.4. The summed E-state index contributed by atoms with van der Waals surface area (Å²) < 4.78 is 17.0. The average Bonchev–Trinajstić information content (AvgIpc) is 3.31. The van der Waals surface area contributed by atoms with Gasteiger partial charge in [0.1, 0.15) is 25.1 Å². The minimum atomic E-state index is -0.619. The Morgan fingerprint density at radius 2 is 0.758 bits per heavy atom. The lowest BCUT2D eigenvalue weighted by Gasteiger charge is -2.20. The first kappa shape index (κ1) is 64.2. The van der Waals surface area contributed by atoms with Crippen LogP contribution in [-0.2, 0) is 33.4 Å². The smallest absolute Gasteiger partial charge is 0.310 e. The van der Waals surface area contributed by atoms with Crippen molar-refractivity contribution in [1.82, 2.24) is 0 Å². The second-order valence-corrected chi connectivity index (χ2v) is 20.7. The summed E-state index contributed by atoms with van der Waals surface area (Å²) in [5.74, 6) is -0.709. The number of thioether (sulfide) groups is 1. The predicted octanol–water partition coefficient (Wildman–Crippen LogP) is 17.9. The zero-order chi connectivity index (χ0) is 48.2. The lowest BCUT2D eigenvalue weighted by molar-refractivity contribution is -0.157. The maximum absolute atomic E-state index is 13.1.